The Morgan fingerprint density at radius 2 is 2.29 bits per heavy atom. The van der Waals surface area contributed by atoms with Gasteiger partial charge >= 0.3 is 0 Å². The molecule has 2 N–H and O–H groups in total. The second-order valence-electron chi connectivity index (χ2n) is 4.59. The van der Waals surface area contributed by atoms with Gasteiger partial charge in [0.1, 0.15) is 6.23 Å². The van der Waals surface area contributed by atoms with E-state index in [0.717, 1.165) is 6.42 Å². The normalized spacial score (nSPS) is 19.2. The smallest absolute Gasteiger partial charge is 0.248 e. The molecule has 1 heterocycles. The molecule has 0 radical (unpaired) electrons. The van der Waals surface area contributed by atoms with E-state index in [1.54, 1.807) is 0 Å². The fraction of sp³-hybridized carbons (Fsp3) is 0.667. The maximum Gasteiger partial charge on any atom is 0.248 e. The van der Waals surface area contributed by atoms with Crippen LogP contribution in [0.25, 0.3) is 0 Å². The van der Waals surface area contributed by atoms with E-state index in [2.05, 4.69) is 19.2 Å². The fourth-order valence-corrected chi connectivity index (χ4v) is 1.55. The molecule has 0 aliphatic carbocycles. The molecule has 1 atom stereocenters. The number of hydrogen-bond acceptors (Lipinski definition) is 3. The van der Waals surface area contributed by atoms with E-state index < -0.39 is 6.23 Å². The summed E-state index contributed by atoms with van der Waals surface area (Å²) in [6.07, 6.45) is 3.02. The summed E-state index contributed by atoms with van der Waals surface area (Å²) in [6, 6.07) is 0. The number of amides is 2. The monoisotopic (exact) mass is 240 g/mol. The van der Waals surface area contributed by atoms with Crippen LogP contribution in [0.4, 0.5) is 0 Å². The molecule has 0 aromatic rings. The van der Waals surface area contributed by atoms with Crippen LogP contribution in [0.3, 0.4) is 0 Å². The molecular formula is C12H20N2O3. The lowest BCUT2D eigenvalue weighted by atomic mass is 10.1. The summed E-state index contributed by atoms with van der Waals surface area (Å²) in [5, 5.41) is 12.2. The molecule has 1 rings (SSSR count). The summed E-state index contributed by atoms with van der Waals surface area (Å²) in [5.41, 5.74) is 0. The molecule has 1 unspecified atom stereocenters. The third kappa shape index (κ3) is 4.56. The number of aliphatic hydroxyl groups is 1. The zero-order chi connectivity index (χ0) is 12.8. The molecule has 0 saturated carbocycles. The third-order valence-electron chi connectivity index (χ3n) is 2.64. The molecule has 2 amide bonds. The van der Waals surface area contributed by atoms with E-state index in [0.29, 0.717) is 12.5 Å². The van der Waals surface area contributed by atoms with E-state index in [1.165, 1.54) is 17.1 Å². The molecule has 0 saturated heterocycles. The molecule has 0 aromatic heterocycles. The highest BCUT2D eigenvalue weighted by Crippen LogP contribution is 2.08. The number of nitrogens with one attached hydrogen (secondary N) is 1. The maximum atomic E-state index is 11.4. The fourth-order valence-electron chi connectivity index (χ4n) is 1.55. The van der Waals surface area contributed by atoms with Crippen molar-refractivity contribution in [1.29, 1.82) is 0 Å². The van der Waals surface area contributed by atoms with Gasteiger partial charge in [-0.25, -0.2) is 0 Å². The quantitative estimate of drug-likeness (QED) is 0.699. The zero-order valence-corrected chi connectivity index (χ0v) is 10.3. The molecule has 0 fully saturated rings. The second-order valence-corrected chi connectivity index (χ2v) is 4.59. The van der Waals surface area contributed by atoms with E-state index in [4.69, 9.17) is 0 Å². The summed E-state index contributed by atoms with van der Waals surface area (Å²) in [7, 11) is 0. The van der Waals surface area contributed by atoms with Crippen LogP contribution in [0.1, 0.15) is 26.7 Å². The third-order valence-corrected chi connectivity index (χ3v) is 2.64. The molecule has 96 valence electrons. The Kier molecular flexibility index (Phi) is 5.15. The standard InChI is InChI=1S/C12H20N2O3/c1-9(2)5-7-13-10(15)6-8-14-11(16)3-4-12(14)17/h3-4,9,11,16H,5-8H2,1-2H3,(H,13,15). The lowest BCUT2D eigenvalue weighted by Crippen LogP contribution is -2.37. The van der Waals surface area contributed by atoms with Gasteiger partial charge in [-0.1, -0.05) is 13.8 Å². The molecule has 17 heavy (non-hydrogen) atoms. The topological polar surface area (TPSA) is 69.6 Å². The first kappa shape index (κ1) is 13.7. The summed E-state index contributed by atoms with van der Waals surface area (Å²) < 4.78 is 0. The van der Waals surface area contributed by atoms with Crippen molar-refractivity contribution in [1.82, 2.24) is 10.2 Å². The first-order valence-electron chi connectivity index (χ1n) is 5.94. The Hall–Kier alpha value is -1.36. The number of nitrogens with zero attached hydrogens (tertiary/aromatic N) is 1. The summed E-state index contributed by atoms with van der Waals surface area (Å²) in [6.45, 7) is 5.10. The molecule has 5 nitrogen and oxygen atoms in total. The Morgan fingerprint density at radius 3 is 2.82 bits per heavy atom. The van der Waals surface area contributed by atoms with Gasteiger partial charge in [0.2, 0.25) is 11.8 Å². The van der Waals surface area contributed by atoms with Crippen molar-refractivity contribution in [3.63, 3.8) is 0 Å². The van der Waals surface area contributed by atoms with Crippen LogP contribution in [0.2, 0.25) is 0 Å². The largest absolute Gasteiger partial charge is 0.370 e. The molecule has 1 aliphatic heterocycles. The van der Waals surface area contributed by atoms with E-state index in [-0.39, 0.29) is 24.8 Å². The Bertz CT molecular complexity index is 313. The van der Waals surface area contributed by atoms with Crippen LogP contribution in [0, 0.1) is 5.92 Å². The average molecular weight is 240 g/mol. The van der Waals surface area contributed by atoms with Crippen LogP contribution >= 0.6 is 0 Å². The highest BCUT2D eigenvalue weighted by molar-refractivity contribution is 5.90. The minimum atomic E-state index is -0.883. The Balaban J connectivity index is 2.18. The van der Waals surface area contributed by atoms with Gasteiger partial charge in [0.05, 0.1) is 0 Å². The number of carbonyl (C=O) groups excluding carboxylic acids is 2. The number of rotatable bonds is 6. The minimum absolute atomic E-state index is 0.0856. The van der Waals surface area contributed by atoms with Gasteiger partial charge in [0.25, 0.3) is 0 Å². The summed E-state index contributed by atoms with van der Waals surface area (Å²) in [4.78, 5) is 24.0. The number of carbonyl (C=O) groups is 2. The highest BCUT2D eigenvalue weighted by Gasteiger charge is 2.23. The van der Waals surface area contributed by atoms with Gasteiger partial charge < -0.3 is 15.3 Å². The van der Waals surface area contributed by atoms with Crippen LogP contribution < -0.4 is 5.32 Å². The maximum absolute atomic E-state index is 11.4. The summed E-state index contributed by atoms with van der Waals surface area (Å²) >= 11 is 0. The summed E-state index contributed by atoms with van der Waals surface area (Å²) in [5.74, 6) is 0.228. The predicted molar refractivity (Wildman–Crippen MR) is 63.9 cm³/mol. The molecular weight excluding hydrogens is 220 g/mol. The van der Waals surface area contributed by atoms with Crippen LogP contribution in [0.15, 0.2) is 12.2 Å². The number of hydrogen-bond donors (Lipinski definition) is 2. The van der Waals surface area contributed by atoms with Gasteiger partial charge in [-0.15, -0.1) is 0 Å². The SMILES string of the molecule is CC(C)CCNC(=O)CCN1C(=O)C=CC1O. The van der Waals surface area contributed by atoms with E-state index in [1.807, 2.05) is 0 Å². The molecule has 5 heteroatoms. The van der Waals surface area contributed by atoms with Gasteiger partial charge in [-0.05, 0) is 18.4 Å². The highest BCUT2D eigenvalue weighted by atomic mass is 16.3. The Morgan fingerprint density at radius 1 is 1.59 bits per heavy atom. The van der Waals surface area contributed by atoms with E-state index in [9.17, 15) is 14.7 Å². The zero-order valence-electron chi connectivity index (χ0n) is 10.3. The van der Waals surface area contributed by atoms with Crippen LogP contribution in [-0.4, -0.2) is 41.1 Å². The van der Waals surface area contributed by atoms with Crippen molar-refractivity contribution < 1.29 is 14.7 Å². The van der Waals surface area contributed by atoms with Crippen molar-refractivity contribution in [3.8, 4) is 0 Å². The molecule has 0 aromatic carbocycles. The average Bonchev–Trinajstić information content (AvgIpc) is 2.55. The van der Waals surface area contributed by atoms with Crippen molar-refractivity contribution in [2.24, 2.45) is 5.92 Å². The van der Waals surface area contributed by atoms with Gasteiger partial charge in [0, 0.05) is 25.6 Å². The van der Waals surface area contributed by atoms with Crippen molar-refractivity contribution in [2.75, 3.05) is 13.1 Å². The van der Waals surface area contributed by atoms with Crippen molar-refractivity contribution in [3.05, 3.63) is 12.2 Å². The molecule has 0 spiro atoms. The lowest BCUT2D eigenvalue weighted by molar-refractivity contribution is -0.131. The minimum Gasteiger partial charge on any atom is -0.370 e. The van der Waals surface area contributed by atoms with Crippen LogP contribution in [0.5, 0.6) is 0 Å². The first-order valence-corrected chi connectivity index (χ1v) is 5.94. The van der Waals surface area contributed by atoms with Gasteiger partial charge in [0.15, 0.2) is 0 Å². The first-order chi connectivity index (χ1) is 8.00. The van der Waals surface area contributed by atoms with Crippen molar-refractivity contribution in [2.45, 2.75) is 32.9 Å². The second kappa shape index (κ2) is 6.39. The molecule has 1 aliphatic rings. The Labute approximate surface area is 101 Å². The number of aliphatic hydroxyl groups excluding tert-OH is 1. The van der Waals surface area contributed by atoms with Gasteiger partial charge in [-0.3, -0.25) is 9.59 Å². The molecule has 0 bridgehead atoms. The van der Waals surface area contributed by atoms with Crippen molar-refractivity contribution >= 4 is 11.8 Å². The lowest BCUT2D eigenvalue weighted by Gasteiger charge is -2.19. The predicted octanol–water partition coefficient (Wildman–Crippen LogP) is 0.256. The van der Waals surface area contributed by atoms with Gasteiger partial charge in [-0.2, -0.15) is 0 Å². The van der Waals surface area contributed by atoms with Crippen LogP contribution in [-0.2, 0) is 9.59 Å². The van der Waals surface area contributed by atoms with E-state index >= 15 is 0 Å².